The Bertz CT molecular complexity index is 2980. The zero-order valence-corrected chi connectivity index (χ0v) is 43.8. The maximum absolute atomic E-state index is 13.5. The van der Waals surface area contributed by atoms with E-state index in [9.17, 15) is 4.79 Å². The lowest BCUT2D eigenvalue weighted by Crippen LogP contribution is -2.27. The molecular weight excluding hydrogens is 905 g/mol. The Balaban J connectivity index is 0.758. The minimum Gasteiger partial charge on any atom is -0.494 e. The molecule has 2 aliphatic carbocycles. The number of nitrogens with zero attached hydrogens (tertiary/aromatic N) is 2. The molecule has 8 nitrogen and oxygen atoms in total. The molecule has 1 spiro atoms. The Morgan fingerprint density at radius 1 is 0.562 bits per heavy atom. The summed E-state index contributed by atoms with van der Waals surface area (Å²) < 4.78 is 17.8. The smallest absolute Gasteiger partial charge is 0.336 e. The van der Waals surface area contributed by atoms with Crippen molar-refractivity contribution in [2.45, 2.75) is 122 Å². The quantitative estimate of drug-likeness (QED) is 0.0187. The van der Waals surface area contributed by atoms with Crippen LogP contribution in [0, 0.1) is 0 Å². The average molecular weight is 977 g/mol. The second-order valence-corrected chi connectivity index (χ2v) is 22.0. The fraction of sp³-hybridized carbons (Fsp3) is 0.369. The van der Waals surface area contributed by atoms with E-state index in [0.29, 0.717) is 18.1 Å². The number of anilines is 2. The van der Waals surface area contributed by atoms with Crippen LogP contribution in [-0.4, -0.2) is 38.9 Å². The summed E-state index contributed by atoms with van der Waals surface area (Å²) in [5.74, 6) is 2.71. The lowest BCUT2D eigenvalue weighted by molar-refractivity contribution is -0.195. The van der Waals surface area contributed by atoms with Crippen molar-refractivity contribution in [3.63, 3.8) is 0 Å². The molecule has 4 aliphatic rings. The molecule has 2 heterocycles. The number of carbonyl (C=O) groups is 1. The normalized spacial score (nSPS) is 17.8. The molecule has 0 fully saturated rings. The van der Waals surface area contributed by atoms with Crippen LogP contribution in [0.15, 0.2) is 133 Å². The van der Waals surface area contributed by atoms with Crippen LogP contribution in [0.3, 0.4) is 0 Å². The van der Waals surface area contributed by atoms with Gasteiger partial charge in [-0.15, -0.1) is 0 Å². The topological polar surface area (TPSA) is 69.7 Å². The van der Waals surface area contributed by atoms with Gasteiger partial charge in [0.05, 0.1) is 13.2 Å². The Morgan fingerprint density at radius 2 is 1.05 bits per heavy atom. The maximum atomic E-state index is 13.5. The number of benzene rings is 6. The van der Waals surface area contributed by atoms with Gasteiger partial charge in [-0.25, -0.2) is 4.79 Å². The van der Waals surface area contributed by atoms with Crippen LogP contribution in [0.2, 0.25) is 0 Å². The van der Waals surface area contributed by atoms with Crippen LogP contribution in [0.25, 0.3) is 12.2 Å². The van der Waals surface area contributed by atoms with Crippen molar-refractivity contribution in [3.8, 4) is 23.0 Å². The van der Waals surface area contributed by atoms with E-state index >= 15 is 0 Å². The van der Waals surface area contributed by atoms with Crippen LogP contribution in [0.1, 0.15) is 136 Å². The van der Waals surface area contributed by atoms with Crippen LogP contribution in [0.4, 0.5) is 11.4 Å². The summed E-state index contributed by atoms with van der Waals surface area (Å²) >= 11 is 0. The zero-order chi connectivity index (χ0) is 50.6. The summed E-state index contributed by atoms with van der Waals surface area (Å²) in [6.07, 6.45) is 15.8. The Morgan fingerprint density at radius 3 is 1.59 bits per heavy atom. The number of rotatable bonds is 20. The number of carbonyl (C=O) groups excluding carboxylic acids is 1. The molecule has 10 rings (SSSR count). The third-order valence-corrected chi connectivity index (χ3v) is 15.5. The van der Waals surface area contributed by atoms with Crippen molar-refractivity contribution in [1.82, 2.24) is 0 Å². The molecule has 73 heavy (non-hydrogen) atoms. The molecule has 1 atom stereocenters. The van der Waals surface area contributed by atoms with Gasteiger partial charge in [0.15, 0.2) is 5.75 Å². The molecule has 0 saturated heterocycles. The van der Waals surface area contributed by atoms with Gasteiger partial charge in [0.25, 0.3) is 0 Å². The summed E-state index contributed by atoms with van der Waals surface area (Å²) in [5.41, 5.74) is 14.5. The Hall–Kier alpha value is -6.77. The fourth-order valence-electron chi connectivity index (χ4n) is 12.1. The van der Waals surface area contributed by atoms with Crippen molar-refractivity contribution in [1.29, 1.82) is 0 Å². The highest BCUT2D eigenvalue weighted by Gasteiger charge is 2.56. The third-order valence-electron chi connectivity index (χ3n) is 15.5. The van der Waals surface area contributed by atoms with Crippen LogP contribution in [0.5, 0.6) is 23.0 Å². The summed E-state index contributed by atoms with van der Waals surface area (Å²) in [5, 5.41) is 0. The van der Waals surface area contributed by atoms with E-state index in [4.69, 9.17) is 24.0 Å². The lowest BCUT2D eigenvalue weighted by atomic mass is 9.72. The van der Waals surface area contributed by atoms with Gasteiger partial charge in [-0.2, -0.15) is 4.89 Å². The second-order valence-electron chi connectivity index (χ2n) is 22.0. The minimum atomic E-state index is -0.394. The summed E-state index contributed by atoms with van der Waals surface area (Å²) in [6, 6.07) is 42.8. The summed E-state index contributed by atoms with van der Waals surface area (Å²) in [6.45, 7) is 19.2. The third kappa shape index (κ3) is 11.0. The standard InChI is InChI=1S/C65H72N2O6/c1-7-9-35-69-52-20-13-48(14-21-52)42-66-33-31-50-38-46(17-28-60(50)66)12-11-37-71-73-55-25-27-57-59(41-55)65(45-64(57,5)6)44-63(3,4)56-26-24-54(40-58(56)65)72-62(68)30-19-47-18-29-61-51(39-47)32-34-67(61)43-49-15-22-53(23-16-49)70-36-10-8-2/h11-30,38-41H,7-10,31-37,42-45H2,1-6H3/b12-11+,30-19+. The first-order chi connectivity index (χ1) is 35.4. The Labute approximate surface area is 433 Å². The molecule has 0 radical (unpaired) electrons. The van der Waals surface area contributed by atoms with Crippen LogP contribution < -0.4 is 28.9 Å². The SMILES string of the molecule is CCCCOc1ccc(CN2CCc3cc(/C=C/COOc4ccc5c(c4)C4(CC5(C)C)CC(C)(C)c5ccc(OC(=O)/C=C/c6ccc7c(c6)CCN7Cc6ccc(OCCCC)cc6)cc54)ccc32)cc1. The van der Waals surface area contributed by atoms with Gasteiger partial charge in [-0.05, 0) is 184 Å². The van der Waals surface area contributed by atoms with Gasteiger partial charge in [0, 0.05) is 49.0 Å². The van der Waals surface area contributed by atoms with Gasteiger partial charge < -0.3 is 28.9 Å². The number of hydrogen-bond acceptors (Lipinski definition) is 8. The number of fused-ring (bicyclic) bond motifs is 6. The zero-order valence-electron chi connectivity index (χ0n) is 43.8. The van der Waals surface area contributed by atoms with E-state index < -0.39 is 5.97 Å². The first kappa shape index (κ1) is 49.8. The van der Waals surface area contributed by atoms with E-state index in [1.54, 1.807) is 6.08 Å². The van der Waals surface area contributed by atoms with Crippen molar-refractivity contribution in [3.05, 3.63) is 189 Å². The number of ether oxygens (including phenoxy) is 3. The van der Waals surface area contributed by atoms with Crippen LogP contribution in [-0.2, 0) is 51.9 Å². The molecular formula is C65H72N2O6. The Kier molecular flexibility index (Phi) is 14.6. The molecule has 378 valence electrons. The van der Waals surface area contributed by atoms with Crippen molar-refractivity contribution in [2.75, 3.05) is 42.7 Å². The first-order valence-electron chi connectivity index (χ1n) is 26.7. The number of esters is 1. The highest BCUT2D eigenvalue weighted by atomic mass is 17.2. The van der Waals surface area contributed by atoms with E-state index in [1.807, 2.05) is 24.3 Å². The van der Waals surface area contributed by atoms with Crippen molar-refractivity contribution >= 4 is 29.5 Å². The predicted octanol–water partition coefficient (Wildman–Crippen LogP) is 14.5. The molecule has 8 heteroatoms. The van der Waals surface area contributed by atoms with Crippen molar-refractivity contribution < 1.29 is 28.8 Å². The van der Waals surface area contributed by atoms with Gasteiger partial charge in [-0.1, -0.05) is 115 Å². The lowest BCUT2D eigenvalue weighted by Gasteiger charge is -2.30. The number of unbranched alkanes of at least 4 members (excludes halogenated alkanes) is 2. The van der Waals surface area contributed by atoms with Gasteiger partial charge in [0.1, 0.15) is 23.9 Å². The predicted molar refractivity (Wildman–Crippen MR) is 295 cm³/mol. The molecule has 0 N–H and O–H groups in total. The number of hydrogen-bond donors (Lipinski definition) is 0. The molecule has 0 saturated carbocycles. The molecule has 0 bridgehead atoms. The van der Waals surface area contributed by atoms with Gasteiger partial charge in [-0.3, -0.25) is 0 Å². The van der Waals surface area contributed by atoms with E-state index in [-0.39, 0.29) is 16.2 Å². The van der Waals surface area contributed by atoms with Crippen LogP contribution >= 0.6 is 0 Å². The van der Waals surface area contributed by atoms with Gasteiger partial charge in [0.2, 0.25) is 0 Å². The summed E-state index contributed by atoms with van der Waals surface area (Å²) in [4.78, 5) is 30.2. The molecule has 0 amide bonds. The monoisotopic (exact) mass is 977 g/mol. The molecule has 6 aromatic carbocycles. The minimum absolute atomic E-state index is 0.0758. The second kappa shape index (κ2) is 21.4. The molecule has 6 aromatic rings. The fourth-order valence-corrected chi connectivity index (χ4v) is 12.1. The van der Waals surface area contributed by atoms with E-state index in [2.05, 4.69) is 167 Å². The highest BCUT2D eigenvalue weighted by Crippen LogP contribution is 2.63. The van der Waals surface area contributed by atoms with Crippen molar-refractivity contribution in [2.24, 2.45) is 0 Å². The average Bonchev–Trinajstić information content (AvgIpc) is 4.11. The highest BCUT2D eigenvalue weighted by molar-refractivity contribution is 5.89. The maximum Gasteiger partial charge on any atom is 0.336 e. The molecule has 0 aromatic heterocycles. The first-order valence-corrected chi connectivity index (χ1v) is 26.7. The van der Waals surface area contributed by atoms with E-state index in [1.165, 1.54) is 55.9 Å². The van der Waals surface area contributed by atoms with Gasteiger partial charge >= 0.3 is 5.97 Å². The molecule has 1 unspecified atom stereocenters. The van der Waals surface area contributed by atoms with E-state index in [0.717, 1.165) is 113 Å². The summed E-state index contributed by atoms with van der Waals surface area (Å²) in [7, 11) is 0. The molecule has 2 aliphatic heterocycles. The largest absolute Gasteiger partial charge is 0.494 e.